The van der Waals surface area contributed by atoms with Crippen molar-refractivity contribution in [2.75, 3.05) is 12.3 Å². The zero-order valence-corrected chi connectivity index (χ0v) is 10.7. The lowest BCUT2D eigenvalue weighted by Gasteiger charge is -2.25. The molecule has 4 N–H and O–H groups in total. The fraction of sp³-hybridized carbons (Fsp3) is 0.500. The number of hydrogen-bond donors (Lipinski definition) is 3. The zero-order valence-electron chi connectivity index (χ0n) is 10.7. The van der Waals surface area contributed by atoms with Crippen LogP contribution in [0, 0.1) is 11.7 Å². The minimum absolute atomic E-state index is 0.00515. The highest BCUT2D eigenvalue weighted by Crippen LogP contribution is 2.23. The highest BCUT2D eigenvalue weighted by atomic mass is 19.1. The highest BCUT2D eigenvalue weighted by molar-refractivity contribution is 5.94. The molecule has 0 bridgehead atoms. The molecule has 104 valence electrons. The first-order valence-corrected chi connectivity index (χ1v) is 6.57. The molecule has 1 aliphatic carbocycles. The maximum Gasteiger partial charge on any atom is 0.254 e. The van der Waals surface area contributed by atoms with Crippen LogP contribution in [0.5, 0.6) is 0 Å². The number of nitrogens with two attached hydrogens (primary N) is 1. The Bertz CT molecular complexity index is 465. The van der Waals surface area contributed by atoms with Crippen molar-refractivity contribution in [1.29, 1.82) is 0 Å². The van der Waals surface area contributed by atoms with Crippen molar-refractivity contribution in [3.05, 3.63) is 29.6 Å². The minimum Gasteiger partial charge on any atom is -0.399 e. The van der Waals surface area contributed by atoms with Crippen LogP contribution in [0.4, 0.5) is 10.1 Å². The number of hydrogen-bond acceptors (Lipinski definition) is 3. The smallest absolute Gasteiger partial charge is 0.254 e. The van der Waals surface area contributed by atoms with E-state index in [0.29, 0.717) is 18.7 Å². The van der Waals surface area contributed by atoms with E-state index in [-0.39, 0.29) is 17.6 Å². The van der Waals surface area contributed by atoms with Crippen LogP contribution in [-0.2, 0) is 0 Å². The van der Waals surface area contributed by atoms with Crippen LogP contribution in [0.25, 0.3) is 0 Å². The zero-order chi connectivity index (χ0) is 13.8. The number of amides is 1. The standard InChI is InChI=1S/C14H19FN2O2/c15-13-7-10(16)4-5-12(13)14(19)17-8-9-2-1-3-11(18)6-9/h4-5,7,9,11,18H,1-3,6,8,16H2,(H,17,19). The van der Waals surface area contributed by atoms with E-state index in [0.717, 1.165) is 25.3 Å². The van der Waals surface area contributed by atoms with Crippen LogP contribution in [0.3, 0.4) is 0 Å². The van der Waals surface area contributed by atoms with E-state index in [4.69, 9.17) is 5.73 Å². The van der Waals surface area contributed by atoms with Gasteiger partial charge in [-0.05, 0) is 43.4 Å². The van der Waals surface area contributed by atoms with Crippen molar-refractivity contribution in [3.63, 3.8) is 0 Å². The van der Waals surface area contributed by atoms with E-state index in [1.165, 1.54) is 12.1 Å². The van der Waals surface area contributed by atoms with Gasteiger partial charge in [0.1, 0.15) is 5.82 Å². The summed E-state index contributed by atoms with van der Waals surface area (Å²) < 4.78 is 13.5. The van der Waals surface area contributed by atoms with Crippen molar-refractivity contribution < 1.29 is 14.3 Å². The molecule has 0 spiro atoms. The summed E-state index contributed by atoms with van der Waals surface area (Å²) in [6.07, 6.45) is 3.21. The van der Waals surface area contributed by atoms with Gasteiger partial charge in [0.05, 0.1) is 11.7 Å². The van der Waals surface area contributed by atoms with E-state index >= 15 is 0 Å². The van der Waals surface area contributed by atoms with E-state index in [1.54, 1.807) is 0 Å². The lowest BCUT2D eigenvalue weighted by atomic mass is 9.87. The topological polar surface area (TPSA) is 75.4 Å². The van der Waals surface area contributed by atoms with E-state index < -0.39 is 11.7 Å². The van der Waals surface area contributed by atoms with Crippen molar-refractivity contribution in [1.82, 2.24) is 5.32 Å². The number of carbonyl (C=O) groups is 1. The third-order valence-corrected chi connectivity index (χ3v) is 3.54. The number of anilines is 1. The van der Waals surface area contributed by atoms with Gasteiger partial charge in [-0.2, -0.15) is 0 Å². The molecule has 1 fully saturated rings. The van der Waals surface area contributed by atoms with Crippen LogP contribution < -0.4 is 11.1 Å². The summed E-state index contributed by atoms with van der Waals surface area (Å²) in [7, 11) is 0. The van der Waals surface area contributed by atoms with Gasteiger partial charge in [-0.3, -0.25) is 4.79 Å². The van der Waals surface area contributed by atoms with E-state index in [1.807, 2.05) is 0 Å². The second-order valence-corrected chi connectivity index (χ2v) is 5.14. The number of halogens is 1. The molecule has 1 aliphatic rings. The van der Waals surface area contributed by atoms with E-state index in [9.17, 15) is 14.3 Å². The maximum atomic E-state index is 13.5. The van der Waals surface area contributed by atoms with Crippen LogP contribution in [-0.4, -0.2) is 23.7 Å². The van der Waals surface area contributed by atoms with Crippen molar-refractivity contribution in [2.45, 2.75) is 31.8 Å². The number of nitrogens with one attached hydrogen (secondary N) is 1. The second-order valence-electron chi connectivity index (χ2n) is 5.14. The molecule has 1 aromatic rings. The van der Waals surface area contributed by atoms with Crippen LogP contribution >= 0.6 is 0 Å². The van der Waals surface area contributed by atoms with Gasteiger partial charge in [0.2, 0.25) is 0 Å². The van der Waals surface area contributed by atoms with Crippen molar-refractivity contribution in [2.24, 2.45) is 5.92 Å². The number of rotatable bonds is 3. The summed E-state index contributed by atoms with van der Waals surface area (Å²) in [5.41, 5.74) is 5.74. The van der Waals surface area contributed by atoms with Gasteiger partial charge in [0.25, 0.3) is 5.91 Å². The molecular weight excluding hydrogens is 247 g/mol. The molecule has 1 aromatic carbocycles. The fourth-order valence-corrected chi connectivity index (χ4v) is 2.50. The van der Waals surface area contributed by atoms with Crippen LogP contribution in [0.1, 0.15) is 36.0 Å². The largest absolute Gasteiger partial charge is 0.399 e. The maximum absolute atomic E-state index is 13.5. The molecule has 2 rings (SSSR count). The average Bonchev–Trinajstić information content (AvgIpc) is 2.36. The van der Waals surface area contributed by atoms with Gasteiger partial charge >= 0.3 is 0 Å². The number of carbonyl (C=O) groups excluding carboxylic acids is 1. The van der Waals surface area contributed by atoms with Crippen LogP contribution in [0.15, 0.2) is 18.2 Å². The molecular formula is C14H19FN2O2. The molecule has 1 saturated carbocycles. The lowest BCUT2D eigenvalue weighted by molar-refractivity contribution is 0.0871. The highest BCUT2D eigenvalue weighted by Gasteiger charge is 2.21. The van der Waals surface area contributed by atoms with Crippen molar-refractivity contribution in [3.8, 4) is 0 Å². The van der Waals surface area contributed by atoms with Crippen LogP contribution in [0.2, 0.25) is 0 Å². The number of aliphatic hydroxyl groups is 1. The SMILES string of the molecule is Nc1ccc(C(=O)NCC2CCCC(O)C2)c(F)c1. The Kier molecular flexibility index (Phi) is 4.37. The summed E-state index contributed by atoms with van der Waals surface area (Å²) in [4.78, 5) is 11.8. The predicted octanol–water partition coefficient (Wildman–Crippen LogP) is 1.69. The molecule has 2 unspecified atom stereocenters. The normalized spacial score (nSPS) is 23.1. The Morgan fingerprint density at radius 3 is 2.95 bits per heavy atom. The molecule has 1 amide bonds. The summed E-state index contributed by atoms with van der Waals surface area (Å²) >= 11 is 0. The Labute approximate surface area is 111 Å². The number of nitrogen functional groups attached to an aromatic ring is 1. The van der Waals surface area contributed by atoms with Gasteiger partial charge in [-0.1, -0.05) is 6.42 Å². The Morgan fingerprint density at radius 1 is 1.47 bits per heavy atom. The van der Waals surface area contributed by atoms with Gasteiger partial charge in [-0.15, -0.1) is 0 Å². The van der Waals surface area contributed by atoms with E-state index in [2.05, 4.69) is 5.32 Å². The molecule has 0 aliphatic heterocycles. The molecule has 5 heteroatoms. The summed E-state index contributed by atoms with van der Waals surface area (Å²) in [6.45, 7) is 0.472. The molecule has 4 nitrogen and oxygen atoms in total. The lowest BCUT2D eigenvalue weighted by Crippen LogP contribution is -2.33. The summed E-state index contributed by atoms with van der Waals surface area (Å²) in [5.74, 6) is -0.775. The minimum atomic E-state index is -0.610. The molecule has 19 heavy (non-hydrogen) atoms. The summed E-state index contributed by atoms with van der Waals surface area (Å²) in [6, 6.07) is 4.03. The molecule has 2 atom stereocenters. The first-order valence-electron chi connectivity index (χ1n) is 6.57. The molecule has 0 saturated heterocycles. The quantitative estimate of drug-likeness (QED) is 0.729. The monoisotopic (exact) mass is 266 g/mol. The van der Waals surface area contributed by atoms with Gasteiger partial charge < -0.3 is 16.2 Å². The number of aliphatic hydroxyl groups excluding tert-OH is 1. The molecule has 0 aromatic heterocycles. The predicted molar refractivity (Wildman–Crippen MR) is 71.1 cm³/mol. The first-order chi connectivity index (χ1) is 9.06. The van der Waals surface area contributed by atoms with Gasteiger partial charge in [0, 0.05) is 12.2 Å². The fourth-order valence-electron chi connectivity index (χ4n) is 2.50. The average molecular weight is 266 g/mol. The molecule has 0 radical (unpaired) electrons. The third-order valence-electron chi connectivity index (χ3n) is 3.54. The molecule has 0 heterocycles. The first kappa shape index (κ1) is 13.8. The second kappa shape index (κ2) is 6.02. The Balaban J connectivity index is 1.90. The third kappa shape index (κ3) is 3.67. The van der Waals surface area contributed by atoms with Gasteiger partial charge in [0.15, 0.2) is 0 Å². The Morgan fingerprint density at radius 2 is 2.26 bits per heavy atom. The Hall–Kier alpha value is -1.62. The number of benzene rings is 1. The summed E-state index contributed by atoms with van der Waals surface area (Å²) in [5, 5.41) is 12.3. The van der Waals surface area contributed by atoms with Gasteiger partial charge in [-0.25, -0.2) is 4.39 Å². The van der Waals surface area contributed by atoms with Crippen molar-refractivity contribution >= 4 is 11.6 Å².